The first kappa shape index (κ1) is 19.6. The van der Waals surface area contributed by atoms with E-state index >= 15 is 0 Å². The van der Waals surface area contributed by atoms with E-state index in [1.54, 1.807) is 29.5 Å². The van der Waals surface area contributed by atoms with Crippen molar-refractivity contribution < 1.29 is 9.59 Å². The van der Waals surface area contributed by atoms with Gasteiger partial charge in [-0.05, 0) is 24.5 Å². The number of carbonyl (C=O) groups is 2. The second-order valence-electron chi connectivity index (χ2n) is 7.83. The quantitative estimate of drug-likeness (QED) is 0.799. The third-order valence-corrected chi connectivity index (χ3v) is 5.73. The molecule has 8 heteroatoms. The third kappa shape index (κ3) is 4.82. The van der Waals surface area contributed by atoms with Crippen LogP contribution in [0.1, 0.15) is 54.1 Å². The van der Waals surface area contributed by atoms with Gasteiger partial charge < -0.3 is 15.5 Å². The molecule has 0 aromatic carbocycles. The van der Waals surface area contributed by atoms with Gasteiger partial charge in [0.25, 0.3) is 5.91 Å². The van der Waals surface area contributed by atoms with E-state index in [4.69, 9.17) is 0 Å². The molecule has 154 valence electrons. The van der Waals surface area contributed by atoms with Crippen molar-refractivity contribution in [3.8, 4) is 0 Å². The van der Waals surface area contributed by atoms with Crippen LogP contribution in [-0.2, 0) is 11.3 Å². The number of pyridine rings is 1. The fraction of sp³-hybridized carbons (Fsp3) is 0.524. The van der Waals surface area contributed by atoms with Crippen LogP contribution < -0.4 is 10.6 Å². The molecule has 3 heterocycles. The maximum atomic E-state index is 13.1. The van der Waals surface area contributed by atoms with E-state index in [0.29, 0.717) is 18.7 Å². The van der Waals surface area contributed by atoms with Crippen LogP contribution in [0.5, 0.6) is 0 Å². The van der Waals surface area contributed by atoms with E-state index in [1.165, 1.54) is 19.3 Å². The molecule has 2 amide bonds. The summed E-state index contributed by atoms with van der Waals surface area (Å²) >= 11 is 0. The number of hydrogen-bond donors (Lipinski definition) is 2. The molecule has 0 spiro atoms. The van der Waals surface area contributed by atoms with Gasteiger partial charge in [-0.15, -0.1) is 0 Å². The highest BCUT2D eigenvalue weighted by Gasteiger charge is 2.29. The van der Waals surface area contributed by atoms with Crippen LogP contribution >= 0.6 is 0 Å². The normalized spacial score (nSPS) is 20.4. The maximum absolute atomic E-state index is 13.1. The van der Waals surface area contributed by atoms with Crippen LogP contribution in [-0.4, -0.2) is 57.2 Å². The molecule has 1 atom stereocenters. The molecule has 8 nitrogen and oxygen atoms in total. The lowest BCUT2D eigenvalue weighted by Crippen LogP contribution is -2.48. The molecular weight excluding hydrogens is 368 g/mol. The molecule has 1 unspecified atom stereocenters. The lowest BCUT2D eigenvalue weighted by molar-refractivity contribution is -0.122. The minimum atomic E-state index is -0.0701. The van der Waals surface area contributed by atoms with E-state index in [1.807, 2.05) is 17.0 Å². The Morgan fingerprint density at radius 1 is 1.21 bits per heavy atom. The molecule has 1 aliphatic carbocycles. The first-order chi connectivity index (χ1) is 14.2. The standard InChI is InChI=1S/C21H28N6O2/c28-20(25-18-6-2-1-3-7-18)15-26-14-17(12-24-26)21(29)27-10-9-23-13-19(27)16-5-4-8-22-11-16/h4-5,8,11-12,14,18-19,23H,1-3,6-7,9-10,13,15H2,(H,25,28). The first-order valence-electron chi connectivity index (χ1n) is 10.4. The largest absolute Gasteiger partial charge is 0.352 e. The van der Waals surface area contributed by atoms with Gasteiger partial charge in [-0.25, -0.2) is 0 Å². The van der Waals surface area contributed by atoms with E-state index in [9.17, 15) is 9.59 Å². The van der Waals surface area contributed by atoms with Crippen molar-refractivity contribution >= 4 is 11.8 Å². The van der Waals surface area contributed by atoms with Gasteiger partial charge in [0.2, 0.25) is 5.91 Å². The van der Waals surface area contributed by atoms with Crippen LogP contribution in [0.3, 0.4) is 0 Å². The van der Waals surface area contributed by atoms with Crippen molar-refractivity contribution in [3.63, 3.8) is 0 Å². The molecule has 0 radical (unpaired) electrons. The summed E-state index contributed by atoms with van der Waals surface area (Å²) in [6.45, 7) is 2.19. The molecule has 0 bridgehead atoms. The van der Waals surface area contributed by atoms with Crippen molar-refractivity contribution in [1.82, 2.24) is 30.3 Å². The van der Waals surface area contributed by atoms with Crippen molar-refractivity contribution in [2.24, 2.45) is 0 Å². The van der Waals surface area contributed by atoms with Gasteiger partial charge in [-0.3, -0.25) is 19.3 Å². The molecule has 2 aromatic heterocycles. The molecule has 1 aliphatic heterocycles. The number of nitrogens with zero attached hydrogens (tertiary/aromatic N) is 4. The third-order valence-electron chi connectivity index (χ3n) is 5.73. The average molecular weight is 396 g/mol. The van der Waals surface area contributed by atoms with Crippen molar-refractivity contribution in [3.05, 3.63) is 48.0 Å². The Morgan fingerprint density at radius 2 is 2.07 bits per heavy atom. The number of carbonyl (C=O) groups excluding carboxylic acids is 2. The van der Waals surface area contributed by atoms with E-state index in [-0.39, 0.29) is 30.4 Å². The summed E-state index contributed by atoms with van der Waals surface area (Å²) in [7, 11) is 0. The van der Waals surface area contributed by atoms with Crippen LogP contribution in [0.15, 0.2) is 36.9 Å². The smallest absolute Gasteiger partial charge is 0.257 e. The monoisotopic (exact) mass is 396 g/mol. The minimum absolute atomic E-state index is 0.0468. The van der Waals surface area contributed by atoms with Gasteiger partial charge in [0.05, 0.1) is 17.8 Å². The summed E-state index contributed by atoms with van der Waals surface area (Å²) in [4.78, 5) is 31.5. The van der Waals surface area contributed by atoms with Crippen LogP contribution in [0.2, 0.25) is 0 Å². The number of rotatable bonds is 5. The van der Waals surface area contributed by atoms with Crippen LogP contribution in [0.4, 0.5) is 0 Å². The molecule has 29 heavy (non-hydrogen) atoms. The Bertz CT molecular complexity index is 831. The summed E-state index contributed by atoms with van der Waals surface area (Å²) in [5, 5.41) is 10.7. The van der Waals surface area contributed by atoms with Crippen molar-refractivity contribution in [2.75, 3.05) is 19.6 Å². The summed E-state index contributed by atoms with van der Waals surface area (Å²) in [6, 6.07) is 4.08. The predicted molar refractivity (Wildman–Crippen MR) is 108 cm³/mol. The van der Waals surface area contributed by atoms with Gasteiger partial charge in [-0.2, -0.15) is 5.10 Å². The number of nitrogens with one attached hydrogen (secondary N) is 2. The second kappa shape index (κ2) is 9.17. The molecule has 4 rings (SSSR count). The van der Waals surface area contributed by atoms with Crippen molar-refractivity contribution in [2.45, 2.75) is 50.7 Å². The van der Waals surface area contributed by atoms with Gasteiger partial charge in [0, 0.05) is 44.3 Å². The lowest BCUT2D eigenvalue weighted by atomic mass is 9.95. The van der Waals surface area contributed by atoms with E-state index in [0.717, 1.165) is 24.9 Å². The summed E-state index contributed by atoms with van der Waals surface area (Å²) in [5.74, 6) is -0.117. The summed E-state index contributed by atoms with van der Waals surface area (Å²) in [5.41, 5.74) is 1.51. The average Bonchev–Trinajstić information content (AvgIpc) is 3.23. The molecule has 2 aromatic rings. The second-order valence-corrected chi connectivity index (χ2v) is 7.83. The summed E-state index contributed by atoms with van der Waals surface area (Å²) in [6.07, 6.45) is 12.5. The van der Waals surface area contributed by atoms with Crippen LogP contribution in [0, 0.1) is 0 Å². The minimum Gasteiger partial charge on any atom is -0.352 e. The topological polar surface area (TPSA) is 92.2 Å². The van der Waals surface area contributed by atoms with Crippen LogP contribution in [0.25, 0.3) is 0 Å². The number of amides is 2. The maximum Gasteiger partial charge on any atom is 0.257 e. The molecule has 2 aliphatic rings. The summed E-state index contributed by atoms with van der Waals surface area (Å²) < 4.78 is 1.55. The Labute approximate surface area is 170 Å². The zero-order chi connectivity index (χ0) is 20.1. The number of hydrogen-bond acceptors (Lipinski definition) is 5. The van der Waals surface area contributed by atoms with Gasteiger partial charge in [0.1, 0.15) is 6.54 Å². The fourth-order valence-electron chi connectivity index (χ4n) is 4.21. The molecule has 1 saturated carbocycles. The Morgan fingerprint density at radius 3 is 2.86 bits per heavy atom. The number of aromatic nitrogens is 3. The Hall–Kier alpha value is -2.74. The molecule has 1 saturated heterocycles. The number of piperazine rings is 1. The van der Waals surface area contributed by atoms with Gasteiger partial charge in [0.15, 0.2) is 0 Å². The van der Waals surface area contributed by atoms with E-state index < -0.39 is 0 Å². The molecule has 2 fully saturated rings. The van der Waals surface area contributed by atoms with Crippen molar-refractivity contribution in [1.29, 1.82) is 0 Å². The van der Waals surface area contributed by atoms with Gasteiger partial charge >= 0.3 is 0 Å². The fourth-order valence-corrected chi connectivity index (χ4v) is 4.21. The highest BCUT2D eigenvalue weighted by atomic mass is 16.2. The predicted octanol–water partition coefficient (Wildman–Crippen LogP) is 1.51. The molecule has 2 N–H and O–H groups in total. The SMILES string of the molecule is O=C(Cn1cc(C(=O)N2CCNCC2c2cccnc2)cn1)NC1CCCCC1. The highest BCUT2D eigenvalue weighted by Crippen LogP contribution is 2.23. The lowest BCUT2D eigenvalue weighted by Gasteiger charge is -2.36. The van der Waals surface area contributed by atoms with E-state index in [2.05, 4.69) is 20.7 Å². The molecular formula is C21H28N6O2. The zero-order valence-electron chi connectivity index (χ0n) is 16.6. The van der Waals surface area contributed by atoms with Gasteiger partial charge in [-0.1, -0.05) is 25.3 Å². The Kier molecular flexibility index (Phi) is 6.19. The highest BCUT2D eigenvalue weighted by molar-refractivity contribution is 5.94. The first-order valence-corrected chi connectivity index (χ1v) is 10.4. The Balaban J connectivity index is 1.40. The zero-order valence-corrected chi connectivity index (χ0v) is 16.6.